The van der Waals surface area contributed by atoms with Gasteiger partial charge in [-0.2, -0.15) is 4.98 Å². The Morgan fingerprint density at radius 2 is 1.70 bits per heavy atom. The number of benzene rings is 3. The molecule has 0 spiro atoms. The molecule has 5 aliphatic heterocycles. The van der Waals surface area contributed by atoms with Crippen molar-refractivity contribution in [3.63, 3.8) is 0 Å². The van der Waals surface area contributed by atoms with Crippen molar-refractivity contribution in [1.82, 2.24) is 40.0 Å². The maximum atomic E-state index is 13.3. The summed E-state index contributed by atoms with van der Waals surface area (Å²) in [5.41, 5.74) is 10.1. The van der Waals surface area contributed by atoms with Crippen LogP contribution in [-0.2, 0) is 17.8 Å². The summed E-state index contributed by atoms with van der Waals surface area (Å²) in [6.07, 6.45) is 11.5. The van der Waals surface area contributed by atoms with Crippen molar-refractivity contribution in [2.24, 2.45) is 0 Å². The molecule has 5 aliphatic rings. The van der Waals surface area contributed by atoms with Crippen LogP contribution in [-0.4, -0.2) is 130 Å². The summed E-state index contributed by atoms with van der Waals surface area (Å²) in [6.45, 7) is 14.8. The molecule has 0 radical (unpaired) electrons. The second-order valence-electron chi connectivity index (χ2n) is 17.7. The molecule has 3 aromatic carbocycles. The number of ether oxygens (including phenoxy) is 1. The summed E-state index contributed by atoms with van der Waals surface area (Å²) >= 11 is 5.12. The van der Waals surface area contributed by atoms with Gasteiger partial charge in [0.25, 0.3) is 5.91 Å². The number of carbonyl (C=O) groups excluding carboxylic acids is 2. The number of fused-ring (bicyclic) bond motifs is 2. The Hall–Kier alpha value is -5.69. The van der Waals surface area contributed by atoms with E-state index in [0.29, 0.717) is 43.2 Å². The highest BCUT2D eigenvalue weighted by molar-refractivity contribution is 9.10. The van der Waals surface area contributed by atoms with Crippen molar-refractivity contribution in [2.75, 3.05) is 90.9 Å². The third-order valence-electron chi connectivity index (χ3n) is 13.9. The van der Waals surface area contributed by atoms with Gasteiger partial charge in [-0.05, 0) is 95.6 Å². The van der Waals surface area contributed by atoms with Crippen LogP contribution in [0.4, 0.5) is 40.2 Å². The Kier molecular flexibility index (Phi) is 12.6. The van der Waals surface area contributed by atoms with Crippen LogP contribution in [0, 0.1) is 0 Å². The minimum atomic E-state index is -0.438. The lowest BCUT2D eigenvalue weighted by atomic mass is 9.95. The number of aromatic nitrogens is 4. The number of carbonyl (C=O) groups is 2. The molecule has 344 valence electrons. The van der Waals surface area contributed by atoms with E-state index >= 15 is 0 Å². The number of methoxy groups -OCH3 is 1. The van der Waals surface area contributed by atoms with Gasteiger partial charge in [0.15, 0.2) is 0 Å². The highest BCUT2D eigenvalue weighted by Crippen LogP contribution is 2.39. The molecule has 5 aromatic rings. The van der Waals surface area contributed by atoms with E-state index in [1.54, 1.807) is 30.6 Å². The van der Waals surface area contributed by atoms with Crippen molar-refractivity contribution in [3.8, 4) is 5.75 Å². The Morgan fingerprint density at radius 1 is 0.894 bits per heavy atom. The highest BCUT2D eigenvalue weighted by Gasteiger charge is 2.40. The largest absolute Gasteiger partial charge is 0.494 e. The zero-order chi connectivity index (χ0) is 45.5. The third-order valence-corrected chi connectivity index (χ3v) is 14.9. The Balaban J connectivity index is 0.720. The first-order valence-corrected chi connectivity index (χ1v) is 24.9. The molecule has 4 saturated heterocycles. The number of piperidine rings is 2. The summed E-state index contributed by atoms with van der Waals surface area (Å²) in [4.78, 5) is 56.5. The lowest BCUT2D eigenvalue weighted by molar-refractivity contribution is -0.126. The minimum absolute atomic E-state index is 0.0481. The smallest absolute Gasteiger partial charge is 0.255 e. The number of rotatable bonds is 13. The van der Waals surface area contributed by atoms with Gasteiger partial charge in [-0.15, -0.1) is 0 Å². The van der Waals surface area contributed by atoms with Gasteiger partial charge in [0.05, 0.1) is 34.2 Å². The van der Waals surface area contributed by atoms with E-state index in [1.165, 1.54) is 23.2 Å². The molecule has 7 heterocycles. The fourth-order valence-corrected chi connectivity index (χ4v) is 10.9. The number of halogens is 1. The van der Waals surface area contributed by atoms with Crippen LogP contribution in [0.5, 0.6) is 5.75 Å². The van der Waals surface area contributed by atoms with E-state index in [-0.39, 0.29) is 11.8 Å². The van der Waals surface area contributed by atoms with Crippen LogP contribution in [0.15, 0.2) is 77.8 Å². The van der Waals surface area contributed by atoms with Crippen LogP contribution < -0.4 is 35.2 Å². The van der Waals surface area contributed by atoms with Gasteiger partial charge >= 0.3 is 0 Å². The topological polar surface area (TPSA) is 159 Å². The zero-order valence-electron chi connectivity index (χ0n) is 37.6. The minimum Gasteiger partial charge on any atom is -0.494 e. The maximum absolute atomic E-state index is 13.3. The molecule has 66 heavy (non-hydrogen) atoms. The Labute approximate surface area is 398 Å². The average molecular weight is 975 g/mol. The van der Waals surface area contributed by atoms with E-state index in [0.717, 1.165) is 132 Å². The SMILES string of the molecule is C=C1CCC(N2Cc3cc(N4CCN(C5CN(C6CCN(c7cc(OC)c(Nc8ncc(Br)c(Nc9ccc%10nccnc%10c9NSC)n8)cc7CC)CC6)C5)CC4)ccc3C2=O)C(=O)N1. The van der Waals surface area contributed by atoms with Gasteiger partial charge in [0.2, 0.25) is 11.9 Å². The molecular formula is C48H56BrN13O3S. The number of nitrogens with zero attached hydrogens (tertiary/aromatic N) is 9. The van der Waals surface area contributed by atoms with Gasteiger partial charge in [-0.3, -0.25) is 29.4 Å². The highest BCUT2D eigenvalue weighted by atomic mass is 79.9. The van der Waals surface area contributed by atoms with Crippen molar-refractivity contribution in [1.29, 1.82) is 0 Å². The van der Waals surface area contributed by atoms with Crippen LogP contribution >= 0.6 is 27.9 Å². The fraction of sp³-hybridized carbons (Fsp3) is 0.417. The molecule has 0 bridgehead atoms. The lowest BCUT2D eigenvalue weighted by Gasteiger charge is -2.52. The molecule has 1 unspecified atom stereocenters. The summed E-state index contributed by atoms with van der Waals surface area (Å²) in [5, 5.41) is 9.75. The molecule has 0 aliphatic carbocycles. The second-order valence-corrected chi connectivity index (χ2v) is 19.1. The quantitative estimate of drug-likeness (QED) is 0.0881. The predicted octanol–water partition coefficient (Wildman–Crippen LogP) is 7.15. The number of likely N-dealkylation sites (tertiary alicyclic amines) is 1. The van der Waals surface area contributed by atoms with Gasteiger partial charge in [-0.25, -0.2) is 4.98 Å². The Bertz CT molecular complexity index is 2670. The lowest BCUT2D eigenvalue weighted by Crippen LogP contribution is -2.66. The van der Waals surface area contributed by atoms with Crippen LogP contribution in [0.25, 0.3) is 11.0 Å². The van der Waals surface area contributed by atoms with E-state index in [9.17, 15) is 9.59 Å². The first-order valence-electron chi connectivity index (χ1n) is 22.9. The van der Waals surface area contributed by atoms with Gasteiger partial charge in [0, 0.05) is 125 Å². The van der Waals surface area contributed by atoms with E-state index < -0.39 is 6.04 Å². The number of hydrogen-bond donors (Lipinski definition) is 4. The number of piperazine rings is 1. The van der Waals surface area contributed by atoms with Crippen LogP contribution in [0.1, 0.15) is 54.1 Å². The zero-order valence-corrected chi connectivity index (χ0v) is 40.1. The third kappa shape index (κ3) is 8.71. The number of nitrogens with one attached hydrogen (secondary N) is 4. The number of anilines is 7. The molecule has 1 atom stereocenters. The molecule has 4 N–H and O–H groups in total. The summed E-state index contributed by atoms with van der Waals surface area (Å²) in [5.74, 6) is 1.61. The number of allylic oxidation sites excluding steroid dienone is 1. The first-order chi connectivity index (χ1) is 32.2. The molecule has 16 nitrogen and oxygen atoms in total. The van der Waals surface area contributed by atoms with Crippen LogP contribution in [0.2, 0.25) is 0 Å². The number of amides is 2. The van der Waals surface area contributed by atoms with Crippen molar-refractivity contribution >= 4 is 90.9 Å². The average Bonchev–Trinajstić information content (AvgIpc) is 3.65. The molecule has 2 aromatic heterocycles. The van der Waals surface area contributed by atoms with Crippen molar-refractivity contribution in [3.05, 3.63) is 94.5 Å². The molecule has 0 saturated carbocycles. The molecule has 2 amide bonds. The van der Waals surface area contributed by atoms with E-state index in [1.807, 2.05) is 24.5 Å². The normalized spacial score (nSPS) is 19.8. The fourth-order valence-electron chi connectivity index (χ4n) is 10.2. The van der Waals surface area contributed by atoms with Gasteiger partial charge < -0.3 is 40.1 Å². The molecule has 4 fully saturated rings. The molecule has 18 heteroatoms. The predicted molar refractivity (Wildman–Crippen MR) is 266 cm³/mol. The number of hydrogen-bond acceptors (Lipinski definition) is 15. The van der Waals surface area contributed by atoms with E-state index in [2.05, 4.69) is 109 Å². The van der Waals surface area contributed by atoms with Crippen LogP contribution in [0.3, 0.4) is 0 Å². The molecular weight excluding hydrogens is 919 g/mol. The summed E-state index contributed by atoms with van der Waals surface area (Å²) in [6, 6.07) is 15.2. The Morgan fingerprint density at radius 3 is 2.45 bits per heavy atom. The van der Waals surface area contributed by atoms with Crippen molar-refractivity contribution < 1.29 is 14.3 Å². The van der Waals surface area contributed by atoms with Gasteiger partial charge in [-0.1, -0.05) is 25.5 Å². The van der Waals surface area contributed by atoms with E-state index in [4.69, 9.17) is 9.72 Å². The van der Waals surface area contributed by atoms with Crippen molar-refractivity contribution in [2.45, 2.75) is 63.7 Å². The first kappa shape index (κ1) is 44.2. The summed E-state index contributed by atoms with van der Waals surface area (Å²) in [7, 11) is 1.71. The molecule has 10 rings (SSSR count). The van der Waals surface area contributed by atoms with Gasteiger partial charge in [0.1, 0.15) is 23.1 Å². The monoisotopic (exact) mass is 973 g/mol. The number of aryl methyl sites for hydroxylation is 1. The second kappa shape index (κ2) is 18.9. The summed E-state index contributed by atoms with van der Waals surface area (Å²) < 4.78 is 10.1. The maximum Gasteiger partial charge on any atom is 0.255 e. The standard InChI is InChI=1S/C48H56BrN13O3S/c1-5-30-23-39(55-48-52-25-36(49)45(56-48)54-38-10-9-37-43(44(38)57-66-4)51-15-14-50-37)42(65-3)24-41(30)60-16-12-32(13-17-60)61-27-34(28-61)59-20-18-58(19-21-59)33-7-8-35-31(22-33)26-62(47(35)64)40-11-6-29(2)53-46(40)63/h7-10,14-15,22-25,32,34,40,57H,2,5-6,11-13,16-21,26-28H2,1,3-4H3,(H,53,63)(H2,52,54,55,56).